The highest BCUT2D eigenvalue weighted by Crippen LogP contribution is 2.13. The van der Waals surface area contributed by atoms with Crippen molar-refractivity contribution in [2.24, 2.45) is 5.73 Å². The van der Waals surface area contributed by atoms with Crippen LogP contribution in [0.2, 0.25) is 0 Å². The highest BCUT2D eigenvalue weighted by atomic mass is 16.2. The maximum Gasteiger partial charge on any atom is 0.267 e. The fourth-order valence-electron chi connectivity index (χ4n) is 2.29. The van der Waals surface area contributed by atoms with Crippen molar-refractivity contribution in [3.8, 4) is 11.3 Å². The number of hydrogen-bond donors (Lipinski definition) is 2. The zero-order valence-electron chi connectivity index (χ0n) is 13.6. The summed E-state index contributed by atoms with van der Waals surface area (Å²) in [5, 5.41) is 6.86. The average Bonchev–Trinajstić information content (AvgIpc) is 2.64. The fraction of sp³-hybridized carbons (Fsp3) is 0.0556. The molecule has 26 heavy (non-hydrogen) atoms. The number of anilines is 1. The minimum atomic E-state index is -0.549. The predicted molar refractivity (Wildman–Crippen MR) is 95.3 cm³/mol. The van der Waals surface area contributed by atoms with Gasteiger partial charge in [-0.1, -0.05) is 0 Å². The lowest BCUT2D eigenvalue weighted by atomic mass is 10.2. The Morgan fingerprint density at radius 1 is 1.00 bits per heavy atom. The lowest BCUT2D eigenvalue weighted by molar-refractivity contribution is -0.117. The third-order valence-corrected chi connectivity index (χ3v) is 3.59. The molecule has 8 heteroatoms. The van der Waals surface area contributed by atoms with Crippen molar-refractivity contribution in [1.29, 1.82) is 0 Å². The SMILES string of the molecule is NC(=O)c1ccc(NC(=O)Cn2nc(-c3ccncc3)ccc2=O)cc1. The lowest BCUT2D eigenvalue weighted by Crippen LogP contribution is -2.29. The minimum absolute atomic E-state index is 0.241. The summed E-state index contributed by atoms with van der Waals surface area (Å²) in [7, 11) is 0. The molecule has 0 unspecified atom stereocenters. The first-order chi connectivity index (χ1) is 12.5. The molecule has 0 fully saturated rings. The third-order valence-electron chi connectivity index (χ3n) is 3.59. The molecule has 3 N–H and O–H groups in total. The van der Waals surface area contributed by atoms with Crippen LogP contribution in [0.25, 0.3) is 11.3 Å². The number of nitrogens with two attached hydrogens (primary N) is 1. The third kappa shape index (κ3) is 3.99. The molecule has 8 nitrogen and oxygen atoms in total. The van der Waals surface area contributed by atoms with Crippen molar-refractivity contribution >= 4 is 17.5 Å². The Balaban J connectivity index is 1.74. The van der Waals surface area contributed by atoms with E-state index in [2.05, 4.69) is 15.4 Å². The first-order valence-corrected chi connectivity index (χ1v) is 7.71. The van der Waals surface area contributed by atoms with Crippen molar-refractivity contribution in [3.63, 3.8) is 0 Å². The van der Waals surface area contributed by atoms with E-state index in [1.807, 2.05) is 0 Å². The Kier molecular flexibility index (Phi) is 4.84. The van der Waals surface area contributed by atoms with Gasteiger partial charge in [0.1, 0.15) is 6.54 Å². The molecule has 0 atom stereocenters. The highest BCUT2D eigenvalue weighted by molar-refractivity contribution is 5.94. The molecule has 1 aromatic carbocycles. The Hall–Kier alpha value is -3.81. The van der Waals surface area contributed by atoms with Gasteiger partial charge < -0.3 is 11.1 Å². The summed E-state index contributed by atoms with van der Waals surface area (Å²) >= 11 is 0. The number of benzene rings is 1. The van der Waals surface area contributed by atoms with Gasteiger partial charge in [0.15, 0.2) is 0 Å². The van der Waals surface area contributed by atoms with Gasteiger partial charge in [-0.2, -0.15) is 5.10 Å². The quantitative estimate of drug-likeness (QED) is 0.713. The van der Waals surface area contributed by atoms with Crippen LogP contribution in [0, 0.1) is 0 Å². The number of pyridine rings is 1. The van der Waals surface area contributed by atoms with Crippen LogP contribution in [0.15, 0.2) is 65.7 Å². The molecule has 0 saturated heterocycles. The van der Waals surface area contributed by atoms with Crippen molar-refractivity contribution in [3.05, 3.63) is 76.8 Å². The number of primary amides is 1. The molecule has 0 aliphatic heterocycles. The van der Waals surface area contributed by atoms with E-state index < -0.39 is 11.8 Å². The topological polar surface area (TPSA) is 120 Å². The number of rotatable bonds is 5. The zero-order valence-corrected chi connectivity index (χ0v) is 13.6. The van der Waals surface area contributed by atoms with Gasteiger partial charge in [0, 0.05) is 35.3 Å². The molecule has 2 heterocycles. The van der Waals surface area contributed by atoms with Gasteiger partial charge >= 0.3 is 0 Å². The maximum absolute atomic E-state index is 12.2. The summed E-state index contributed by atoms with van der Waals surface area (Å²) in [5.41, 5.74) is 6.95. The summed E-state index contributed by atoms with van der Waals surface area (Å²) in [6.45, 7) is -0.241. The average molecular weight is 349 g/mol. The van der Waals surface area contributed by atoms with Crippen LogP contribution in [0.1, 0.15) is 10.4 Å². The van der Waals surface area contributed by atoms with Crippen molar-refractivity contribution in [1.82, 2.24) is 14.8 Å². The van der Waals surface area contributed by atoms with Crippen LogP contribution >= 0.6 is 0 Å². The Morgan fingerprint density at radius 2 is 1.69 bits per heavy atom. The Labute approximate surface area is 148 Å². The van der Waals surface area contributed by atoms with Gasteiger partial charge in [-0.3, -0.25) is 19.4 Å². The molecule has 0 radical (unpaired) electrons. The van der Waals surface area contributed by atoms with E-state index in [-0.39, 0.29) is 12.1 Å². The van der Waals surface area contributed by atoms with Gasteiger partial charge in [-0.15, -0.1) is 0 Å². The lowest BCUT2D eigenvalue weighted by Gasteiger charge is -2.08. The molecule has 0 spiro atoms. The van der Waals surface area contributed by atoms with E-state index in [0.29, 0.717) is 16.9 Å². The van der Waals surface area contributed by atoms with Gasteiger partial charge in [0.25, 0.3) is 5.56 Å². The van der Waals surface area contributed by atoms with Crippen LogP contribution < -0.4 is 16.6 Å². The second-order valence-corrected chi connectivity index (χ2v) is 5.44. The van der Waals surface area contributed by atoms with E-state index in [0.717, 1.165) is 10.2 Å². The molecular formula is C18H15N5O3. The number of aromatic nitrogens is 3. The highest BCUT2D eigenvalue weighted by Gasteiger charge is 2.09. The molecular weight excluding hydrogens is 334 g/mol. The largest absolute Gasteiger partial charge is 0.366 e. The van der Waals surface area contributed by atoms with E-state index in [1.54, 1.807) is 42.7 Å². The van der Waals surface area contributed by atoms with E-state index in [9.17, 15) is 14.4 Å². The minimum Gasteiger partial charge on any atom is -0.366 e. The molecule has 2 aromatic heterocycles. The van der Waals surface area contributed by atoms with E-state index in [1.165, 1.54) is 18.2 Å². The molecule has 0 bridgehead atoms. The standard InChI is InChI=1S/C18H15N5O3/c19-18(26)13-1-3-14(4-2-13)21-16(24)11-23-17(25)6-5-15(22-23)12-7-9-20-10-8-12/h1-10H,11H2,(H2,19,26)(H,21,24). The van der Waals surface area contributed by atoms with Crippen LogP contribution in [0.3, 0.4) is 0 Å². The molecule has 3 aromatic rings. The number of hydrogen-bond acceptors (Lipinski definition) is 5. The second kappa shape index (κ2) is 7.39. The van der Waals surface area contributed by atoms with Crippen molar-refractivity contribution in [2.45, 2.75) is 6.54 Å². The Morgan fingerprint density at radius 3 is 2.35 bits per heavy atom. The second-order valence-electron chi connectivity index (χ2n) is 5.44. The summed E-state index contributed by atoms with van der Waals surface area (Å²) in [4.78, 5) is 39.1. The number of amides is 2. The van der Waals surface area contributed by atoms with Gasteiger partial charge in [0.05, 0.1) is 5.69 Å². The molecule has 0 aliphatic rings. The van der Waals surface area contributed by atoms with E-state index >= 15 is 0 Å². The van der Waals surface area contributed by atoms with Crippen molar-refractivity contribution < 1.29 is 9.59 Å². The number of carbonyl (C=O) groups is 2. The molecule has 0 saturated carbocycles. The number of nitrogens with one attached hydrogen (secondary N) is 1. The normalized spacial score (nSPS) is 10.3. The van der Waals surface area contributed by atoms with E-state index in [4.69, 9.17) is 5.73 Å². The van der Waals surface area contributed by atoms with Gasteiger partial charge in [-0.25, -0.2) is 4.68 Å². The Bertz CT molecular complexity index is 997. The summed E-state index contributed by atoms with van der Waals surface area (Å²) in [6.07, 6.45) is 3.24. The van der Waals surface area contributed by atoms with Crippen LogP contribution in [0.4, 0.5) is 5.69 Å². The van der Waals surface area contributed by atoms with Crippen molar-refractivity contribution in [2.75, 3.05) is 5.32 Å². The molecule has 2 amide bonds. The first kappa shape index (κ1) is 17.0. The van der Waals surface area contributed by atoms with Crippen LogP contribution in [0.5, 0.6) is 0 Å². The maximum atomic E-state index is 12.2. The van der Waals surface area contributed by atoms with Crippen LogP contribution in [-0.4, -0.2) is 26.6 Å². The van der Waals surface area contributed by atoms with Crippen LogP contribution in [-0.2, 0) is 11.3 Å². The molecule has 0 aliphatic carbocycles. The summed E-state index contributed by atoms with van der Waals surface area (Å²) < 4.78 is 1.09. The molecule has 130 valence electrons. The number of nitrogens with zero attached hydrogens (tertiary/aromatic N) is 3. The first-order valence-electron chi connectivity index (χ1n) is 7.71. The fourth-order valence-corrected chi connectivity index (χ4v) is 2.29. The smallest absolute Gasteiger partial charge is 0.267 e. The van der Waals surface area contributed by atoms with Gasteiger partial charge in [0.2, 0.25) is 11.8 Å². The van der Waals surface area contributed by atoms with Gasteiger partial charge in [-0.05, 0) is 42.5 Å². The zero-order chi connectivity index (χ0) is 18.5. The summed E-state index contributed by atoms with van der Waals surface area (Å²) in [5.74, 6) is -0.968. The molecule has 3 rings (SSSR count). The summed E-state index contributed by atoms with van der Waals surface area (Å²) in [6, 6.07) is 12.6. The monoisotopic (exact) mass is 349 g/mol. The predicted octanol–water partition coefficient (Wildman–Crippen LogP) is 1.04. The number of carbonyl (C=O) groups excluding carboxylic acids is 2.